The van der Waals surface area contributed by atoms with Gasteiger partial charge in [-0.2, -0.15) is 11.8 Å². The second-order valence-electron chi connectivity index (χ2n) is 5.33. The van der Waals surface area contributed by atoms with E-state index in [1.165, 1.54) is 42.8 Å². The van der Waals surface area contributed by atoms with Crippen LogP contribution in [0, 0.1) is 5.92 Å². The van der Waals surface area contributed by atoms with Gasteiger partial charge in [-0.05, 0) is 54.6 Å². The molecule has 18 heavy (non-hydrogen) atoms. The normalized spacial score (nSPS) is 28.2. The molecule has 0 bridgehead atoms. The summed E-state index contributed by atoms with van der Waals surface area (Å²) < 4.78 is 0. The van der Waals surface area contributed by atoms with Crippen LogP contribution in [-0.4, -0.2) is 17.5 Å². The maximum absolute atomic E-state index is 6.29. The number of rotatable bonds is 5. The Morgan fingerprint density at radius 2 is 2.00 bits per heavy atom. The first-order valence-electron chi connectivity index (χ1n) is 7.19. The molecule has 1 aliphatic carbocycles. The summed E-state index contributed by atoms with van der Waals surface area (Å²) in [5, 5.41) is 0. The van der Waals surface area contributed by atoms with Crippen molar-refractivity contribution < 1.29 is 0 Å². The van der Waals surface area contributed by atoms with Crippen molar-refractivity contribution in [3.63, 3.8) is 0 Å². The topological polar surface area (TPSA) is 26.0 Å². The lowest BCUT2D eigenvalue weighted by molar-refractivity contribution is 0.273. The van der Waals surface area contributed by atoms with Crippen LogP contribution in [0.1, 0.15) is 44.1 Å². The Morgan fingerprint density at radius 1 is 1.22 bits per heavy atom. The summed E-state index contributed by atoms with van der Waals surface area (Å²) in [5.41, 5.74) is 7.80. The molecule has 0 heterocycles. The molecule has 0 aliphatic heterocycles. The van der Waals surface area contributed by atoms with Gasteiger partial charge in [-0.25, -0.2) is 0 Å². The molecular formula is C16H25NS. The Morgan fingerprint density at radius 3 is 2.72 bits per heavy atom. The third-order valence-electron chi connectivity index (χ3n) is 4.15. The smallest absolute Gasteiger partial charge is 0.00678 e. The van der Waals surface area contributed by atoms with E-state index in [0.717, 1.165) is 11.8 Å². The molecule has 1 aromatic rings. The molecule has 0 saturated heterocycles. The van der Waals surface area contributed by atoms with Gasteiger partial charge in [0.05, 0.1) is 0 Å². The maximum Gasteiger partial charge on any atom is 0.00678 e. The molecule has 0 aromatic heterocycles. The molecule has 0 spiro atoms. The quantitative estimate of drug-likeness (QED) is 0.811. The molecular weight excluding hydrogens is 238 g/mol. The Bertz CT molecular complexity index is 338. The molecule has 1 fully saturated rings. The van der Waals surface area contributed by atoms with E-state index in [1.807, 2.05) is 11.8 Å². The summed E-state index contributed by atoms with van der Waals surface area (Å²) in [4.78, 5) is 0. The first-order valence-corrected chi connectivity index (χ1v) is 8.35. The lowest BCUT2D eigenvalue weighted by Crippen LogP contribution is -2.35. The fourth-order valence-corrected chi connectivity index (χ4v) is 3.78. The van der Waals surface area contributed by atoms with Gasteiger partial charge in [0.15, 0.2) is 0 Å². The van der Waals surface area contributed by atoms with Gasteiger partial charge in [-0.1, -0.05) is 37.3 Å². The van der Waals surface area contributed by atoms with E-state index in [9.17, 15) is 0 Å². The summed E-state index contributed by atoms with van der Waals surface area (Å²) in [6.45, 7) is 2.23. The van der Waals surface area contributed by atoms with Gasteiger partial charge >= 0.3 is 0 Å². The van der Waals surface area contributed by atoms with E-state index in [0.29, 0.717) is 6.04 Å². The van der Waals surface area contributed by atoms with E-state index in [-0.39, 0.29) is 0 Å². The molecule has 1 nitrogen and oxygen atoms in total. The number of thioether (sulfide) groups is 1. The number of hydrogen-bond acceptors (Lipinski definition) is 2. The van der Waals surface area contributed by atoms with Gasteiger partial charge in [0.25, 0.3) is 0 Å². The van der Waals surface area contributed by atoms with Gasteiger partial charge in [-0.3, -0.25) is 0 Å². The van der Waals surface area contributed by atoms with E-state index >= 15 is 0 Å². The Balaban J connectivity index is 1.91. The fraction of sp³-hybridized carbons (Fsp3) is 0.625. The maximum atomic E-state index is 6.29. The molecule has 1 aromatic carbocycles. The zero-order valence-corrected chi connectivity index (χ0v) is 12.2. The van der Waals surface area contributed by atoms with Crippen LogP contribution < -0.4 is 5.73 Å². The highest BCUT2D eigenvalue weighted by Crippen LogP contribution is 2.37. The fourth-order valence-electron chi connectivity index (χ4n) is 3.03. The van der Waals surface area contributed by atoms with Gasteiger partial charge < -0.3 is 5.73 Å². The van der Waals surface area contributed by atoms with Gasteiger partial charge in [0.1, 0.15) is 0 Å². The molecule has 1 aliphatic rings. The van der Waals surface area contributed by atoms with Gasteiger partial charge in [0, 0.05) is 6.04 Å². The van der Waals surface area contributed by atoms with E-state index in [2.05, 4.69) is 37.3 Å². The standard InChI is InChI=1S/C16H25NS/c1-2-18-11-10-15-12-14(8-9-16(15)17)13-6-4-3-5-7-13/h3-7,14-16H,2,8-12,17H2,1H3. The van der Waals surface area contributed by atoms with E-state index in [1.54, 1.807) is 0 Å². The molecule has 0 radical (unpaired) electrons. The monoisotopic (exact) mass is 263 g/mol. The van der Waals surface area contributed by atoms with Crippen molar-refractivity contribution in [3.05, 3.63) is 35.9 Å². The zero-order chi connectivity index (χ0) is 12.8. The number of nitrogens with two attached hydrogens (primary N) is 1. The van der Waals surface area contributed by atoms with E-state index in [4.69, 9.17) is 5.73 Å². The lowest BCUT2D eigenvalue weighted by Gasteiger charge is -2.34. The van der Waals surface area contributed by atoms with Crippen molar-refractivity contribution in [1.82, 2.24) is 0 Å². The third-order valence-corrected chi connectivity index (χ3v) is 5.08. The Labute approximate surface area is 116 Å². The average Bonchev–Trinajstić information content (AvgIpc) is 2.42. The predicted octanol–water partition coefficient (Wildman–Crippen LogP) is 4.04. The second-order valence-corrected chi connectivity index (χ2v) is 6.72. The zero-order valence-electron chi connectivity index (χ0n) is 11.3. The minimum atomic E-state index is 0.433. The predicted molar refractivity (Wildman–Crippen MR) is 82.1 cm³/mol. The molecule has 1 saturated carbocycles. The van der Waals surface area contributed by atoms with Crippen molar-refractivity contribution in [2.45, 2.75) is 44.6 Å². The molecule has 2 rings (SSSR count). The first-order chi connectivity index (χ1) is 8.81. The van der Waals surface area contributed by atoms with E-state index < -0.39 is 0 Å². The minimum absolute atomic E-state index is 0.433. The van der Waals surface area contributed by atoms with Crippen LogP contribution in [-0.2, 0) is 0 Å². The second kappa shape index (κ2) is 7.20. The highest BCUT2D eigenvalue weighted by Gasteiger charge is 2.28. The molecule has 3 unspecified atom stereocenters. The molecule has 100 valence electrons. The van der Waals surface area contributed by atoms with Crippen molar-refractivity contribution >= 4 is 11.8 Å². The van der Waals surface area contributed by atoms with Crippen molar-refractivity contribution in [1.29, 1.82) is 0 Å². The lowest BCUT2D eigenvalue weighted by atomic mass is 9.74. The largest absolute Gasteiger partial charge is 0.327 e. The van der Waals surface area contributed by atoms with Crippen LogP contribution in [0.25, 0.3) is 0 Å². The van der Waals surface area contributed by atoms with Crippen LogP contribution >= 0.6 is 11.8 Å². The SMILES string of the molecule is CCSCCC1CC(c2ccccc2)CCC1N. The summed E-state index contributed by atoms with van der Waals surface area (Å²) >= 11 is 2.05. The van der Waals surface area contributed by atoms with Crippen LogP contribution in [0.5, 0.6) is 0 Å². The summed E-state index contributed by atoms with van der Waals surface area (Å²) in [6, 6.07) is 11.4. The summed E-state index contributed by atoms with van der Waals surface area (Å²) in [5.74, 6) is 3.96. The number of hydrogen-bond donors (Lipinski definition) is 1. The molecule has 2 N–H and O–H groups in total. The van der Waals surface area contributed by atoms with Crippen LogP contribution in [0.15, 0.2) is 30.3 Å². The van der Waals surface area contributed by atoms with Crippen LogP contribution in [0.2, 0.25) is 0 Å². The molecule has 3 atom stereocenters. The Kier molecular flexibility index (Phi) is 5.58. The van der Waals surface area contributed by atoms with Crippen molar-refractivity contribution in [2.75, 3.05) is 11.5 Å². The molecule has 2 heteroatoms. The first kappa shape index (κ1) is 14.0. The minimum Gasteiger partial charge on any atom is -0.327 e. The van der Waals surface area contributed by atoms with Crippen LogP contribution in [0.3, 0.4) is 0 Å². The summed E-state index contributed by atoms with van der Waals surface area (Å²) in [7, 11) is 0. The summed E-state index contributed by atoms with van der Waals surface area (Å²) in [6.07, 6.45) is 5.04. The van der Waals surface area contributed by atoms with Crippen LogP contribution in [0.4, 0.5) is 0 Å². The average molecular weight is 263 g/mol. The highest BCUT2D eigenvalue weighted by atomic mass is 32.2. The Hall–Kier alpha value is -0.470. The van der Waals surface area contributed by atoms with Gasteiger partial charge in [-0.15, -0.1) is 0 Å². The molecule has 0 amide bonds. The number of benzene rings is 1. The third kappa shape index (κ3) is 3.76. The van der Waals surface area contributed by atoms with Crippen molar-refractivity contribution in [2.24, 2.45) is 11.7 Å². The van der Waals surface area contributed by atoms with Crippen molar-refractivity contribution in [3.8, 4) is 0 Å². The van der Waals surface area contributed by atoms with Gasteiger partial charge in [0.2, 0.25) is 0 Å². The highest BCUT2D eigenvalue weighted by molar-refractivity contribution is 7.99.